The molecular formula is C22H27ClN2O3S. The molecule has 0 atom stereocenters. The van der Waals surface area contributed by atoms with Crippen molar-refractivity contribution in [2.45, 2.75) is 25.8 Å². The molecule has 1 aliphatic rings. The minimum absolute atomic E-state index is 0.134. The molecule has 1 saturated heterocycles. The Kier molecular flexibility index (Phi) is 7.33. The highest BCUT2D eigenvalue weighted by Crippen LogP contribution is 2.22. The van der Waals surface area contributed by atoms with Crippen LogP contribution >= 0.6 is 11.6 Å². The Morgan fingerprint density at radius 1 is 1.03 bits per heavy atom. The molecule has 2 aromatic rings. The van der Waals surface area contributed by atoms with Gasteiger partial charge in [0.25, 0.3) is 0 Å². The van der Waals surface area contributed by atoms with Gasteiger partial charge in [0.1, 0.15) is 0 Å². The monoisotopic (exact) mass is 434 g/mol. The van der Waals surface area contributed by atoms with E-state index < -0.39 is 10.0 Å². The molecule has 2 aromatic carbocycles. The Morgan fingerprint density at radius 3 is 2.24 bits per heavy atom. The maximum Gasteiger partial charge on any atom is 0.237 e. The summed E-state index contributed by atoms with van der Waals surface area (Å²) in [5.41, 5.74) is 2.12. The van der Waals surface area contributed by atoms with E-state index in [9.17, 15) is 13.2 Å². The van der Waals surface area contributed by atoms with Crippen molar-refractivity contribution in [1.29, 1.82) is 0 Å². The van der Waals surface area contributed by atoms with Crippen LogP contribution < -0.4 is 0 Å². The second kappa shape index (κ2) is 9.74. The zero-order valence-corrected chi connectivity index (χ0v) is 18.2. The Hall–Kier alpha value is -1.89. The lowest BCUT2D eigenvalue weighted by molar-refractivity contribution is -0.132. The van der Waals surface area contributed by atoms with Crippen LogP contribution in [0.1, 0.15) is 24.0 Å². The van der Waals surface area contributed by atoms with Crippen LogP contribution in [0.5, 0.6) is 0 Å². The van der Waals surface area contributed by atoms with E-state index in [4.69, 9.17) is 11.6 Å². The number of rotatable bonds is 7. The fraction of sp³-hybridized carbons (Fsp3) is 0.409. The molecule has 3 rings (SSSR count). The molecule has 1 aliphatic heterocycles. The first-order chi connectivity index (χ1) is 13.8. The maximum atomic E-state index is 12.8. The van der Waals surface area contributed by atoms with Gasteiger partial charge in [0, 0.05) is 24.7 Å². The van der Waals surface area contributed by atoms with E-state index in [0.29, 0.717) is 24.0 Å². The Morgan fingerprint density at radius 2 is 1.66 bits per heavy atom. The molecular weight excluding hydrogens is 408 g/mol. The van der Waals surface area contributed by atoms with E-state index >= 15 is 0 Å². The highest BCUT2D eigenvalue weighted by atomic mass is 35.5. The van der Waals surface area contributed by atoms with Gasteiger partial charge in [-0.1, -0.05) is 54.1 Å². The smallest absolute Gasteiger partial charge is 0.237 e. The molecule has 0 aromatic heterocycles. The lowest BCUT2D eigenvalue weighted by atomic mass is 9.90. The van der Waals surface area contributed by atoms with Gasteiger partial charge in [-0.05, 0) is 48.4 Å². The third kappa shape index (κ3) is 6.56. The van der Waals surface area contributed by atoms with E-state index in [2.05, 4.69) is 24.3 Å². The van der Waals surface area contributed by atoms with Gasteiger partial charge in [-0.3, -0.25) is 4.79 Å². The van der Waals surface area contributed by atoms with Crippen LogP contribution in [0, 0.1) is 5.92 Å². The number of likely N-dealkylation sites (tertiary alicyclic amines) is 1. The van der Waals surface area contributed by atoms with E-state index in [1.807, 2.05) is 6.07 Å². The van der Waals surface area contributed by atoms with Crippen LogP contribution in [0.4, 0.5) is 0 Å². The van der Waals surface area contributed by atoms with Crippen LogP contribution in [-0.4, -0.2) is 49.4 Å². The zero-order chi connectivity index (χ0) is 20.9. The highest BCUT2D eigenvalue weighted by molar-refractivity contribution is 7.88. The van der Waals surface area contributed by atoms with Crippen molar-refractivity contribution in [3.8, 4) is 0 Å². The summed E-state index contributed by atoms with van der Waals surface area (Å²) >= 11 is 5.89. The van der Waals surface area contributed by atoms with Crippen LogP contribution in [0.15, 0.2) is 54.6 Å². The molecule has 0 radical (unpaired) electrons. The maximum absolute atomic E-state index is 12.8. The number of halogens is 1. The number of carbonyl (C=O) groups excluding carboxylic acids is 1. The van der Waals surface area contributed by atoms with Crippen molar-refractivity contribution in [2.75, 3.05) is 25.9 Å². The average Bonchev–Trinajstić information content (AvgIpc) is 2.69. The molecule has 5 nitrogen and oxygen atoms in total. The molecule has 0 spiro atoms. The van der Waals surface area contributed by atoms with Crippen LogP contribution in [0.2, 0.25) is 5.02 Å². The molecule has 1 amide bonds. The van der Waals surface area contributed by atoms with E-state index in [-0.39, 0.29) is 19.0 Å². The second-order valence-corrected chi connectivity index (χ2v) is 10.1. The Balaban J connectivity index is 1.55. The minimum atomic E-state index is -3.51. The van der Waals surface area contributed by atoms with Crippen molar-refractivity contribution in [3.05, 3.63) is 70.7 Å². The van der Waals surface area contributed by atoms with E-state index in [1.165, 1.54) is 9.87 Å². The number of benzene rings is 2. The summed E-state index contributed by atoms with van der Waals surface area (Å²) in [7, 11) is -3.51. The Labute approximate surface area is 178 Å². The predicted molar refractivity (Wildman–Crippen MR) is 116 cm³/mol. The summed E-state index contributed by atoms with van der Waals surface area (Å²) in [5.74, 6) is 0.420. The standard InChI is InChI=1S/C22H27ClN2O3S/c1-29(27,28)25(16-20-7-9-21(23)10-8-20)17-22(26)24-13-11-19(12-14-24)15-18-5-3-2-4-6-18/h2-10,19H,11-17H2,1H3. The first-order valence-corrected chi connectivity index (χ1v) is 12.0. The van der Waals surface area contributed by atoms with Crippen molar-refractivity contribution < 1.29 is 13.2 Å². The van der Waals surface area contributed by atoms with Crippen LogP contribution in [-0.2, 0) is 27.8 Å². The van der Waals surface area contributed by atoms with Gasteiger partial charge in [0.15, 0.2) is 0 Å². The summed E-state index contributed by atoms with van der Waals surface area (Å²) in [5, 5.41) is 0.592. The number of piperidine rings is 1. The van der Waals surface area contributed by atoms with Crippen molar-refractivity contribution in [1.82, 2.24) is 9.21 Å². The lowest BCUT2D eigenvalue weighted by Crippen LogP contribution is -2.45. The first kappa shape index (κ1) is 21.8. The molecule has 0 bridgehead atoms. The molecule has 0 unspecified atom stereocenters. The molecule has 1 heterocycles. The third-order valence-electron chi connectivity index (χ3n) is 5.39. The summed E-state index contributed by atoms with van der Waals surface area (Å²) in [4.78, 5) is 14.6. The fourth-order valence-electron chi connectivity index (χ4n) is 3.67. The van der Waals surface area contributed by atoms with Gasteiger partial charge in [-0.25, -0.2) is 8.42 Å². The number of sulfonamides is 1. The number of hydrogen-bond acceptors (Lipinski definition) is 3. The molecule has 29 heavy (non-hydrogen) atoms. The largest absolute Gasteiger partial charge is 0.342 e. The third-order valence-corrected chi connectivity index (χ3v) is 6.84. The van der Waals surface area contributed by atoms with Gasteiger partial charge in [0.2, 0.25) is 15.9 Å². The van der Waals surface area contributed by atoms with Crippen molar-refractivity contribution >= 4 is 27.5 Å². The van der Waals surface area contributed by atoms with Gasteiger partial charge in [0.05, 0.1) is 12.8 Å². The minimum Gasteiger partial charge on any atom is -0.342 e. The van der Waals surface area contributed by atoms with Gasteiger partial charge in [-0.2, -0.15) is 4.31 Å². The quantitative estimate of drug-likeness (QED) is 0.669. The van der Waals surface area contributed by atoms with Gasteiger partial charge < -0.3 is 4.90 Å². The molecule has 0 aliphatic carbocycles. The van der Waals surface area contributed by atoms with Gasteiger partial charge >= 0.3 is 0 Å². The normalized spacial score (nSPS) is 15.6. The van der Waals surface area contributed by atoms with E-state index in [1.54, 1.807) is 29.2 Å². The molecule has 0 N–H and O–H groups in total. The van der Waals surface area contributed by atoms with Crippen molar-refractivity contribution in [2.24, 2.45) is 5.92 Å². The van der Waals surface area contributed by atoms with Crippen LogP contribution in [0.3, 0.4) is 0 Å². The lowest BCUT2D eigenvalue weighted by Gasteiger charge is -2.33. The zero-order valence-electron chi connectivity index (χ0n) is 16.6. The van der Waals surface area contributed by atoms with Crippen LogP contribution in [0.25, 0.3) is 0 Å². The summed E-state index contributed by atoms with van der Waals surface area (Å²) in [6.07, 6.45) is 4.05. The molecule has 1 fully saturated rings. The number of hydrogen-bond donors (Lipinski definition) is 0. The number of carbonyl (C=O) groups is 1. The number of amides is 1. The van der Waals surface area contributed by atoms with Crippen molar-refractivity contribution in [3.63, 3.8) is 0 Å². The molecule has 0 saturated carbocycles. The predicted octanol–water partition coefficient (Wildman–Crippen LogP) is 3.58. The van der Waals surface area contributed by atoms with Gasteiger partial charge in [-0.15, -0.1) is 0 Å². The average molecular weight is 435 g/mol. The highest BCUT2D eigenvalue weighted by Gasteiger charge is 2.27. The first-order valence-electron chi connectivity index (χ1n) is 9.82. The summed E-state index contributed by atoms with van der Waals surface area (Å²) < 4.78 is 25.6. The Bertz CT molecular complexity index is 909. The summed E-state index contributed by atoms with van der Waals surface area (Å²) in [6, 6.07) is 17.4. The van der Waals surface area contributed by atoms with E-state index in [0.717, 1.165) is 31.1 Å². The molecule has 7 heteroatoms. The second-order valence-electron chi connectivity index (χ2n) is 7.67. The number of nitrogens with zero attached hydrogens (tertiary/aromatic N) is 2. The topological polar surface area (TPSA) is 57.7 Å². The summed E-state index contributed by atoms with van der Waals surface area (Å²) in [6.45, 7) is 1.38. The molecule has 156 valence electrons. The SMILES string of the molecule is CS(=O)(=O)N(CC(=O)N1CCC(Cc2ccccc2)CC1)Cc1ccc(Cl)cc1. The fourth-order valence-corrected chi connectivity index (χ4v) is 4.52.